The molecule has 128 valence electrons. The van der Waals surface area contributed by atoms with Crippen LogP contribution in [0, 0.1) is 0 Å². The minimum absolute atomic E-state index is 0.321. The number of hydrogen-bond acceptors (Lipinski definition) is 4. The van der Waals surface area contributed by atoms with E-state index >= 15 is 0 Å². The van der Waals surface area contributed by atoms with E-state index in [2.05, 4.69) is 41.7 Å². The van der Waals surface area contributed by atoms with Gasteiger partial charge in [-0.05, 0) is 47.7 Å². The van der Waals surface area contributed by atoms with Gasteiger partial charge in [0, 0.05) is 11.9 Å². The Morgan fingerprint density at radius 3 is 2.68 bits per heavy atom. The molecule has 0 unspecified atom stereocenters. The summed E-state index contributed by atoms with van der Waals surface area (Å²) in [5.74, 6) is 2.60. The molecule has 3 aromatic rings. The molecule has 0 aromatic heterocycles. The van der Waals surface area contributed by atoms with Crippen molar-refractivity contribution >= 4 is 10.8 Å². The number of methoxy groups -OCH3 is 1. The topological polar surface area (TPSA) is 39.7 Å². The number of nitrogens with one attached hydrogen (secondary N) is 1. The van der Waals surface area contributed by atoms with Gasteiger partial charge >= 0.3 is 0 Å². The predicted molar refractivity (Wildman–Crippen MR) is 98.5 cm³/mol. The van der Waals surface area contributed by atoms with Crippen molar-refractivity contribution in [2.24, 2.45) is 0 Å². The molecule has 0 saturated heterocycles. The lowest BCUT2D eigenvalue weighted by Gasteiger charge is -2.11. The first kappa shape index (κ1) is 15.8. The fraction of sp³-hybridized carbons (Fsp3) is 0.238. The van der Waals surface area contributed by atoms with Gasteiger partial charge in [0.1, 0.15) is 5.75 Å². The fourth-order valence-electron chi connectivity index (χ4n) is 3.22. The molecule has 1 heterocycles. The third kappa shape index (κ3) is 3.26. The van der Waals surface area contributed by atoms with Crippen molar-refractivity contribution in [2.45, 2.75) is 13.0 Å². The van der Waals surface area contributed by atoms with E-state index in [1.807, 2.05) is 18.2 Å². The second kappa shape index (κ2) is 7.03. The summed E-state index contributed by atoms with van der Waals surface area (Å²) in [4.78, 5) is 0. The van der Waals surface area contributed by atoms with E-state index in [9.17, 15) is 0 Å². The maximum Gasteiger partial charge on any atom is 0.231 e. The summed E-state index contributed by atoms with van der Waals surface area (Å²) >= 11 is 0. The Bertz CT molecular complexity index is 891. The molecule has 0 aliphatic carbocycles. The van der Waals surface area contributed by atoms with Gasteiger partial charge in [-0.2, -0.15) is 0 Å². The predicted octanol–water partition coefficient (Wildman–Crippen LogP) is 3.91. The molecule has 25 heavy (non-hydrogen) atoms. The van der Waals surface area contributed by atoms with Gasteiger partial charge in [-0.1, -0.05) is 36.4 Å². The van der Waals surface area contributed by atoms with E-state index in [0.29, 0.717) is 6.79 Å². The molecule has 0 radical (unpaired) electrons. The molecular formula is C21H21NO3. The fourth-order valence-corrected chi connectivity index (χ4v) is 3.22. The van der Waals surface area contributed by atoms with Crippen molar-refractivity contribution in [2.75, 3.05) is 20.4 Å². The first-order valence-corrected chi connectivity index (χ1v) is 8.49. The van der Waals surface area contributed by atoms with Crippen molar-refractivity contribution in [3.8, 4) is 17.2 Å². The van der Waals surface area contributed by atoms with Crippen LogP contribution in [0.1, 0.15) is 11.1 Å². The normalized spacial score (nSPS) is 12.5. The third-order valence-corrected chi connectivity index (χ3v) is 4.54. The van der Waals surface area contributed by atoms with Crippen LogP contribution < -0.4 is 19.5 Å². The monoisotopic (exact) mass is 335 g/mol. The molecule has 0 spiro atoms. The van der Waals surface area contributed by atoms with Gasteiger partial charge in [0.25, 0.3) is 0 Å². The molecule has 0 amide bonds. The summed E-state index contributed by atoms with van der Waals surface area (Å²) in [5.41, 5.74) is 2.53. The highest BCUT2D eigenvalue weighted by Gasteiger charge is 2.13. The van der Waals surface area contributed by atoms with Gasteiger partial charge in [-0.25, -0.2) is 0 Å². The van der Waals surface area contributed by atoms with Crippen LogP contribution in [-0.4, -0.2) is 20.4 Å². The average molecular weight is 335 g/mol. The molecule has 0 atom stereocenters. The molecular weight excluding hydrogens is 314 g/mol. The van der Waals surface area contributed by atoms with Gasteiger partial charge in [0.05, 0.1) is 7.11 Å². The molecule has 1 aliphatic rings. The SMILES string of the molecule is COc1ccc(CNCCc2ccc3c(c2)OCO3)c2ccccc12. The summed E-state index contributed by atoms with van der Waals surface area (Å²) in [7, 11) is 1.71. The Morgan fingerprint density at radius 1 is 0.960 bits per heavy atom. The number of hydrogen-bond donors (Lipinski definition) is 1. The van der Waals surface area contributed by atoms with Crippen LogP contribution in [0.25, 0.3) is 10.8 Å². The van der Waals surface area contributed by atoms with E-state index in [-0.39, 0.29) is 0 Å². The Labute approximate surface area is 147 Å². The van der Waals surface area contributed by atoms with Crippen LogP contribution in [0.3, 0.4) is 0 Å². The van der Waals surface area contributed by atoms with Crippen molar-refractivity contribution < 1.29 is 14.2 Å². The number of benzene rings is 3. The van der Waals surface area contributed by atoms with Crippen molar-refractivity contribution in [1.82, 2.24) is 5.32 Å². The average Bonchev–Trinajstić information content (AvgIpc) is 3.13. The van der Waals surface area contributed by atoms with Crippen LogP contribution >= 0.6 is 0 Å². The highest BCUT2D eigenvalue weighted by molar-refractivity contribution is 5.91. The zero-order chi connectivity index (χ0) is 17.1. The van der Waals surface area contributed by atoms with Crippen molar-refractivity contribution in [3.05, 3.63) is 65.7 Å². The van der Waals surface area contributed by atoms with Crippen LogP contribution in [0.15, 0.2) is 54.6 Å². The molecule has 0 fully saturated rings. The minimum atomic E-state index is 0.321. The van der Waals surface area contributed by atoms with Gasteiger partial charge in [0.15, 0.2) is 11.5 Å². The number of ether oxygens (including phenoxy) is 3. The summed E-state index contributed by atoms with van der Waals surface area (Å²) in [6.07, 6.45) is 0.949. The molecule has 4 nitrogen and oxygen atoms in total. The van der Waals surface area contributed by atoms with Gasteiger partial charge in [0.2, 0.25) is 6.79 Å². The highest BCUT2D eigenvalue weighted by atomic mass is 16.7. The maximum absolute atomic E-state index is 5.46. The Balaban J connectivity index is 1.40. The molecule has 1 aliphatic heterocycles. The summed E-state index contributed by atoms with van der Waals surface area (Å²) in [6, 6.07) is 18.7. The van der Waals surface area contributed by atoms with E-state index < -0.39 is 0 Å². The lowest BCUT2D eigenvalue weighted by atomic mass is 10.0. The standard InChI is InChI=1S/C21H21NO3/c1-23-19-9-7-16(17-4-2-3-5-18(17)19)13-22-11-10-15-6-8-20-21(12-15)25-14-24-20/h2-9,12,22H,10-11,13-14H2,1H3. The second-order valence-corrected chi connectivity index (χ2v) is 6.09. The van der Waals surface area contributed by atoms with Crippen LogP contribution in [0.4, 0.5) is 0 Å². The largest absolute Gasteiger partial charge is 0.496 e. The quantitative estimate of drug-likeness (QED) is 0.693. The second-order valence-electron chi connectivity index (χ2n) is 6.09. The molecule has 4 heteroatoms. The van der Waals surface area contributed by atoms with Crippen LogP contribution in [0.5, 0.6) is 17.2 Å². The smallest absolute Gasteiger partial charge is 0.231 e. The van der Waals surface area contributed by atoms with E-state index in [0.717, 1.165) is 42.1 Å². The highest BCUT2D eigenvalue weighted by Crippen LogP contribution is 2.32. The zero-order valence-electron chi connectivity index (χ0n) is 14.2. The first-order valence-electron chi connectivity index (χ1n) is 8.49. The molecule has 0 saturated carbocycles. The van der Waals surface area contributed by atoms with Crippen molar-refractivity contribution in [3.63, 3.8) is 0 Å². The van der Waals surface area contributed by atoms with Crippen LogP contribution in [0.2, 0.25) is 0 Å². The lowest BCUT2D eigenvalue weighted by Crippen LogP contribution is -2.16. The zero-order valence-corrected chi connectivity index (χ0v) is 14.2. The maximum atomic E-state index is 5.46. The molecule has 0 bridgehead atoms. The van der Waals surface area contributed by atoms with E-state index in [1.165, 1.54) is 16.5 Å². The summed E-state index contributed by atoms with van der Waals surface area (Å²) < 4.78 is 16.2. The Hall–Kier alpha value is -2.72. The first-order chi connectivity index (χ1) is 12.3. The lowest BCUT2D eigenvalue weighted by molar-refractivity contribution is 0.174. The number of rotatable bonds is 6. The molecule has 4 rings (SSSR count). The summed E-state index contributed by atoms with van der Waals surface area (Å²) in [6.45, 7) is 2.05. The van der Waals surface area contributed by atoms with Crippen molar-refractivity contribution in [1.29, 1.82) is 0 Å². The number of fused-ring (bicyclic) bond motifs is 2. The van der Waals surface area contributed by atoms with Gasteiger partial charge < -0.3 is 19.5 Å². The Kier molecular flexibility index (Phi) is 4.44. The van der Waals surface area contributed by atoms with Gasteiger partial charge in [-0.15, -0.1) is 0 Å². The molecule has 3 aromatic carbocycles. The van der Waals surface area contributed by atoms with Gasteiger partial charge in [-0.3, -0.25) is 0 Å². The van der Waals surface area contributed by atoms with E-state index in [1.54, 1.807) is 7.11 Å². The van der Waals surface area contributed by atoms with E-state index in [4.69, 9.17) is 14.2 Å². The molecule has 1 N–H and O–H groups in total. The Morgan fingerprint density at radius 2 is 1.80 bits per heavy atom. The minimum Gasteiger partial charge on any atom is -0.496 e. The third-order valence-electron chi connectivity index (χ3n) is 4.54. The summed E-state index contributed by atoms with van der Waals surface area (Å²) in [5, 5.41) is 5.92. The van der Waals surface area contributed by atoms with Crippen LogP contribution in [-0.2, 0) is 13.0 Å².